The number of nitriles is 1. The minimum Gasteiger partial charge on any atom is -0.316 e. The van der Waals surface area contributed by atoms with Crippen molar-refractivity contribution in [2.24, 2.45) is 5.92 Å². The van der Waals surface area contributed by atoms with Gasteiger partial charge in [0.05, 0.1) is 11.6 Å². The lowest BCUT2D eigenvalue weighted by molar-refractivity contribution is 0.360. The number of nitrogens with zero attached hydrogens (tertiary/aromatic N) is 1. The van der Waals surface area contributed by atoms with E-state index in [9.17, 15) is 0 Å². The summed E-state index contributed by atoms with van der Waals surface area (Å²) >= 11 is 0. The molecule has 1 saturated heterocycles. The molecule has 0 aromatic heterocycles. The Morgan fingerprint density at radius 2 is 2.18 bits per heavy atom. The lowest BCUT2D eigenvalue weighted by Crippen LogP contribution is -2.35. The SMILES string of the molecule is N#Cc1ccc(CNC[C@H]2CCCNC2)cc1. The molecule has 0 bridgehead atoms. The van der Waals surface area contributed by atoms with Crippen LogP contribution in [0.15, 0.2) is 24.3 Å². The van der Waals surface area contributed by atoms with E-state index in [0.29, 0.717) is 0 Å². The molecule has 1 heterocycles. The van der Waals surface area contributed by atoms with E-state index in [0.717, 1.165) is 31.1 Å². The third kappa shape index (κ3) is 3.85. The van der Waals surface area contributed by atoms with E-state index < -0.39 is 0 Å². The Morgan fingerprint density at radius 3 is 2.82 bits per heavy atom. The molecule has 90 valence electrons. The van der Waals surface area contributed by atoms with Gasteiger partial charge >= 0.3 is 0 Å². The minimum absolute atomic E-state index is 0.727. The Labute approximate surface area is 103 Å². The molecule has 2 N–H and O–H groups in total. The number of hydrogen-bond donors (Lipinski definition) is 2. The van der Waals surface area contributed by atoms with Gasteiger partial charge in [-0.3, -0.25) is 0 Å². The molecule has 0 amide bonds. The Kier molecular flexibility index (Phi) is 4.54. The van der Waals surface area contributed by atoms with Gasteiger partial charge < -0.3 is 10.6 Å². The van der Waals surface area contributed by atoms with Gasteiger partial charge in [0.2, 0.25) is 0 Å². The summed E-state index contributed by atoms with van der Waals surface area (Å²) in [7, 11) is 0. The van der Waals surface area contributed by atoms with Gasteiger partial charge in [-0.1, -0.05) is 12.1 Å². The highest BCUT2D eigenvalue weighted by Crippen LogP contribution is 2.09. The minimum atomic E-state index is 0.727. The number of nitrogens with one attached hydrogen (secondary N) is 2. The Balaban J connectivity index is 1.72. The van der Waals surface area contributed by atoms with E-state index >= 15 is 0 Å². The normalized spacial score (nSPS) is 19.8. The molecule has 3 heteroatoms. The number of hydrogen-bond acceptors (Lipinski definition) is 3. The fourth-order valence-electron chi connectivity index (χ4n) is 2.22. The van der Waals surface area contributed by atoms with Crippen LogP contribution in [0.1, 0.15) is 24.0 Å². The zero-order valence-corrected chi connectivity index (χ0v) is 10.1. The van der Waals surface area contributed by atoms with Crippen molar-refractivity contribution in [2.75, 3.05) is 19.6 Å². The summed E-state index contributed by atoms with van der Waals surface area (Å²) in [6.45, 7) is 4.28. The van der Waals surface area contributed by atoms with Crippen LogP contribution < -0.4 is 10.6 Å². The third-order valence-corrected chi connectivity index (χ3v) is 3.24. The van der Waals surface area contributed by atoms with Crippen molar-refractivity contribution >= 4 is 0 Å². The van der Waals surface area contributed by atoms with E-state index in [-0.39, 0.29) is 0 Å². The molecule has 0 saturated carbocycles. The second-order valence-corrected chi connectivity index (χ2v) is 4.65. The second kappa shape index (κ2) is 6.39. The van der Waals surface area contributed by atoms with Gasteiger partial charge in [0.1, 0.15) is 0 Å². The summed E-state index contributed by atoms with van der Waals surface area (Å²) in [6, 6.07) is 9.92. The van der Waals surface area contributed by atoms with Crippen LogP contribution in [-0.4, -0.2) is 19.6 Å². The van der Waals surface area contributed by atoms with Crippen molar-refractivity contribution in [1.29, 1.82) is 5.26 Å². The van der Waals surface area contributed by atoms with Gasteiger partial charge in [-0.2, -0.15) is 5.26 Å². The smallest absolute Gasteiger partial charge is 0.0991 e. The molecule has 3 nitrogen and oxygen atoms in total. The maximum atomic E-state index is 8.70. The number of benzene rings is 1. The Morgan fingerprint density at radius 1 is 1.35 bits per heavy atom. The van der Waals surface area contributed by atoms with E-state index in [1.807, 2.05) is 24.3 Å². The summed E-state index contributed by atoms with van der Waals surface area (Å²) in [5.74, 6) is 0.766. The molecule has 1 atom stereocenters. The van der Waals surface area contributed by atoms with Gasteiger partial charge in [-0.25, -0.2) is 0 Å². The lowest BCUT2D eigenvalue weighted by atomic mass is 10.00. The molecule has 1 aromatic carbocycles. The van der Waals surface area contributed by atoms with Crippen molar-refractivity contribution < 1.29 is 0 Å². The van der Waals surface area contributed by atoms with Crippen LogP contribution in [-0.2, 0) is 6.54 Å². The van der Waals surface area contributed by atoms with E-state index in [2.05, 4.69) is 16.7 Å². The monoisotopic (exact) mass is 229 g/mol. The predicted molar refractivity (Wildman–Crippen MR) is 68.5 cm³/mol. The first-order valence-corrected chi connectivity index (χ1v) is 6.29. The van der Waals surface area contributed by atoms with Gasteiger partial charge in [-0.05, 0) is 56.1 Å². The Bertz CT molecular complexity index is 371. The van der Waals surface area contributed by atoms with Crippen molar-refractivity contribution in [2.45, 2.75) is 19.4 Å². The fourth-order valence-corrected chi connectivity index (χ4v) is 2.22. The highest BCUT2D eigenvalue weighted by molar-refractivity contribution is 5.31. The molecule has 1 fully saturated rings. The standard InChI is InChI=1S/C14H19N3/c15-8-12-3-5-13(6-4-12)9-17-11-14-2-1-7-16-10-14/h3-6,14,16-17H,1-2,7,9-11H2/t14-/m0/s1. The number of piperidine rings is 1. The van der Waals surface area contributed by atoms with Gasteiger partial charge in [0, 0.05) is 6.54 Å². The average molecular weight is 229 g/mol. The first-order chi connectivity index (χ1) is 8.38. The van der Waals surface area contributed by atoms with Crippen LogP contribution in [0.5, 0.6) is 0 Å². The molecule has 1 aliphatic heterocycles. The molecule has 17 heavy (non-hydrogen) atoms. The van der Waals surface area contributed by atoms with Gasteiger partial charge in [0.15, 0.2) is 0 Å². The molecule has 2 rings (SSSR count). The first kappa shape index (κ1) is 12.1. The molecule has 1 aromatic rings. The summed E-state index contributed by atoms with van der Waals surface area (Å²) in [4.78, 5) is 0. The second-order valence-electron chi connectivity index (χ2n) is 4.65. The lowest BCUT2D eigenvalue weighted by Gasteiger charge is -2.22. The van der Waals surface area contributed by atoms with E-state index in [1.54, 1.807) is 0 Å². The zero-order chi connectivity index (χ0) is 11.9. The quantitative estimate of drug-likeness (QED) is 0.825. The van der Waals surface area contributed by atoms with Crippen molar-refractivity contribution in [3.8, 4) is 6.07 Å². The molecule has 1 aliphatic rings. The summed E-state index contributed by atoms with van der Waals surface area (Å²) in [6.07, 6.45) is 2.62. The van der Waals surface area contributed by atoms with Gasteiger partial charge in [-0.15, -0.1) is 0 Å². The van der Waals surface area contributed by atoms with E-state index in [4.69, 9.17) is 5.26 Å². The van der Waals surface area contributed by atoms with E-state index in [1.165, 1.54) is 24.9 Å². The average Bonchev–Trinajstić information content (AvgIpc) is 2.41. The summed E-state index contributed by atoms with van der Waals surface area (Å²) in [5, 5.41) is 15.6. The number of rotatable bonds is 4. The topological polar surface area (TPSA) is 47.9 Å². The van der Waals surface area contributed by atoms with Crippen LogP contribution >= 0.6 is 0 Å². The zero-order valence-electron chi connectivity index (χ0n) is 10.1. The van der Waals surface area contributed by atoms with Crippen molar-refractivity contribution in [3.63, 3.8) is 0 Å². The van der Waals surface area contributed by atoms with Crippen LogP contribution in [0.4, 0.5) is 0 Å². The van der Waals surface area contributed by atoms with Crippen LogP contribution in [0.2, 0.25) is 0 Å². The largest absolute Gasteiger partial charge is 0.316 e. The van der Waals surface area contributed by atoms with Crippen molar-refractivity contribution in [3.05, 3.63) is 35.4 Å². The molecule has 0 radical (unpaired) electrons. The Hall–Kier alpha value is -1.37. The maximum Gasteiger partial charge on any atom is 0.0991 e. The summed E-state index contributed by atoms with van der Waals surface area (Å²) in [5.41, 5.74) is 1.97. The predicted octanol–water partition coefficient (Wildman–Crippen LogP) is 1.65. The van der Waals surface area contributed by atoms with Crippen molar-refractivity contribution in [1.82, 2.24) is 10.6 Å². The van der Waals surface area contributed by atoms with Crippen LogP contribution in [0, 0.1) is 17.2 Å². The molecule has 0 spiro atoms. The first-order valence-electron chi connectivity index (χ1n) is 6.29. The molecular weight excluding hydrogens is 210 g/mol. The highest BCUT2D eigenvalue weighted by Gasteiger charge is 2.11. The van der Waals surface area contributed by atoms with Gasteiger partial charge in [0.25, 0.3) is 0 Å². The fraction of sp³-hybridized carbons (Fsp3) is 0.500. The highest BCUT2D eigenvalue weighted by atomic mass is 14.9. The van der Waals surface area contributed by atoms with Crippen LogP contribution in [0.25, 0.3) is 0 Å². The maximum absolute atomic E-state index is 8.70. The van der Waals surface area contributed by atoms with Crippen LogP contribution in [0.3, 0.4) is 0 Å². The molecular formula is C14H19N3. The molecule has 0 aliphatic carbocycles. The third-order valence-electron chi connectivity index (χ3n) is 3.24. The summed E-state index contributed by atoms with van der Waals surface area (Å²) < 4.78 is 0. The molecule has 0 unspecified atom stereocenters.